The Morgan fingerprint density at radius 2 is 1.86 bits per heavy atom. The zero-order valence-corrected chi connectivity index (χ0v) is 13.8. The first-order chi connectivity index (χ1) is 9.97. The van der Waals surface area contributed by atoms with E-state index in [1.165, 1.54) is 36.5 Å². The van der Waals surface area contributed by atoms with Crippen molar-refractivity contribution in [3.05, 3.63) is 0 Å². The second-order valence-electron chi connectivity index (χ2n) is 6.29. The van der Waals surface area contributed by atoms with E-state index in [-0.39, 0.29) is 11.8 Å². The predicted molar refractivity (Wildman–Crippen MR) is 81.6 cm³/mol. The quantitative estimate of drug-likeness (QED) is 0.607. The molecule has 0 aromatic carbocycles. The van der Waals surface area contributed by atoms with Gasteiger partial charge in [0.25, 0.3) is 0 Å². The van der Waals surface area contributed by atoms with E-state index in [1.807, 2.05) is 0 Å². The van der Waals surface area contributed by atoms with Gasteiger partial charge in [-0.25, -0.2) is 12.7 Å². The number of hydrogen-bond acceptors (Lipinski definition) is 3. The second-order valence-corrected chi connectivity index (χ2v) is 8.27. The van der Waals surface area contributed by atoms with E-state index in [0.29, 0.717) is 25.9 Å². The summed E-state index contributed by atoms with van der Waals surface area (Å²) in [7, 11) is -3.11. The number of nitrogens with one attached hydrogen (secondary N) is 2. The number of amides is 1. The molecule has 2 heterocycles. The summed E-state index contributed by atoms with van der Waals surface area (Å²) in [5.74, 6) is 0.0710. The van der Waals surface area contributed by atoms with Crippen molar-refractivity contribution in [2.75, 3.05) is 45.5 Å². The zero-order chi connectivity index (χ0) is 15.3. The van der Waals surface area contributed by atoms with Gasteiger partial charge in [0.05, 0.1) is 25.9 Å². The molecule has 6 nitrogen and oxygen atoms in total. The minimum atomic E-state index is -3.11. The summed E-state index contributed by atoms with van der Waals surface area (Å²) in [6.07, 6.45) is 6.20. The second kappa shape index (κ2) is 7.56. The van der Waals surface area contributed by atoms with Crippen molar-refractivity contribution in [3.8, 4) is 0 Å². The Hall–Kier alpha value is -0.660. The number of carbonyl (C=O) groups excluding carboxylic acids is 1. The molecule has 0 atom stereocenters. The van der Waals surface area contributed by atoms with Crippen molar-refractivity contribution in [1.82, 2.24) is 9.62 Å². The normalized spacial score (nSPS) is 22.5. The summed E-state index contributed by atoms with van der Waals surface area (Å²) in [5.41, 5.74) is 0. The first kappa shape index (κ1) is 16.7. The fourth-order valence-corrected chi connectivity index (χ4v) is 4.14. The minimum absolute atomic E-state index is 0.0258. The monoisotopic (exact) mass is 318 g/mol. The van der Waals surface area contributed by atoms with Crippen LogP contribution in [0.3, 0.4) is 0 Å². The fraction of sp³-hybridized carbons (Fsp3) is 0.929. The van der Waals surface area contributed by atoms with Gasteiger partial charge in [-0.2, -0.15) is 0 Å². The van der Waals surface area contributed by atoms with Crippen molar-refractivity contribution in [2.45, 2.75) is 32.1 Å². The van der Waals surface area contributed by atoms with Crippen LogP contribution in [0.1, 0.15) is 32.1 Å². The summed E-state index contributed by atoms with van der Waals surface area (Å²) in [4.78, 5) is 13.7. The number of hydrogen-bond donors (Lipinski definition) is 2. The molecule has 2 aliphatic rings. The molecule has 7 heteroatoms. The van der Waals surface area contributed by atoms with Crippen molar-refractivity contribution in [2.24, 2.45) is 5.92 Å². The lowest BCUT2D eigenvalue weighted by Gasteiger charge is -2.29. The van der Waals surface area contributed by atoms with Gasteiger partial charge < -0.3 is 10.2 Å². The molecule has 0 saturated carbocycles. The van der Waals surface area contributed by atoms with Crippen LogP contribution in [-0.2, 0) is 14.8 Å². The molecular formula is C14H28N3O3S+. The molecule has 0 radical (unpaired) electrons. The van der Waals surface area contributed by atoms with Crippen LogP contribution in [0.25, 0.3) is 0 Å². The highest BCUT2D eigenvalue weighted by Crippen LogP contribution is 2.19. The van der Waals surface area contributed by atoms with Gasteiger partial charge in [-0.1, -0.05) is 0 Å². The number of carbonyl (C=O) groups is 1. The molecule has 2 N–H and O–H groups in total. The van der Waals surface area contributed by atoms with Crippen LogP contribution >= 0.6 is 0 Å². The molecule has 21 heavy (non-hydrogen) atoms. The Balaban J connectivity index is 1.61. The van der Waals surface area contributed by atoms with Gasteiger partial charge in [-0.05, 0) is 12.8 Å². The average molecular weight is 318 g/mol. The summed E-state index contributed by atoms with van der Waals surface area (Å²) in [6, 6.07) is 0. The number of quaternary nitrogens is 1. The number of rotatable bonds is 6. The Labute approximate surface area is 127 Å². The van der Waals surface area contributed by atoms with Gasteiger partial charge in [-0.3, -0.25) is 4.79 Å². The molecule has 0 aromatic rings. The number of piperidine rings is 1. The lowest BCUT2D eigenvalue weighted by Crippen LogP contribution is -3.10. The molecule has 2 saturated heterocycles. The highest BCUT2D eigenvalue weighted by molar-refractivity contribution is 7.88. The topological polar surface area (TPSA) is 70.9 Å². The van der Waals surface area contributed by atoms with Crippen LogP contribution in [0.15, 0.2) is 0 Å². The molecule has 0 bridgehead atoms. The maximum Gasteiger partial charge on any atom is 0.223 e. The lowest BCUT2D eigenvalue weighted by atomic mass is 9.97. The predicted octanol–water partition coefficient (Wildman–Crippen LogP) is -1.16. The van der Waals surface area contributed by atoms with Gasteiger partial charge in [0, 0.05) is 44.8 Å². The van der Waals surface area contributed by atoms with Crippen molar-refractivity contribution >= 4 is 15.9 Å². The summed E-state index contributed by atoms with van der Waals surface area (Å²) >= 11 is 0. The molecule has 122 valence electrons. The summed E-state index contributed by atoms with van der Waals surface area (Å²) < 4.78 is 24.3. The molecule has 0 aromatic heterocycles. The van der Waals surface area contributed by atoms with Gasteiger partial charge in [0.2, 0.25) is 15.9 Å². The van der Waals surface area contributed by atoms with Crippen molar-refractivity contribution < 1.29 is 18.1 Å². The van der Waals surface area contributed by atoms with E-state index in [4.69, 9.17) is 0 Å². The highest BCUT2D eigenvalue weighted by atomic mass is 32.2. The fourth-order valence-electron chi connectivity index (χ4n) is 3.27. The standard InChI is InChI=1S/C14H27N3O3S/c1-21(19,20)17-11-5-13(6-12-17)14(18)15-7-4-10-16-8-2-3-9-16/h13H,2-12H2,1H3,(H,15,18)/p+1. The highest BCUT2D eigenvalue weighted by Gasteiger charge is 2.28. The molecular weight excluding hydrogens is 290 g/mol. The number of likely N-dealkylation sites (tertiary alicyclic amines) is 1. The van der Waals surface area contributed by atoms with E-state index in [2.05, 4.69) is 5.32 Å². The molecule has 0 aliphatic carbocycles. The summed E-state index contributed by atoms with van der Waals surface area (Å²) in [5, 5.41) is 3.01. The molecule has 2 aliphatic heterocycles. The average Bonchev–Trinajstić information content (AvgIpc) is 2.96. The molecule has 0 spiro atoms. The van der Waals surface area contributed by atoms with E-state index in [1.54, 1.807) is 4.90 Å². The SMILES string of the molecule is CS(=O)(=O)N1CCC(C(=O)NCCC[NH+]2CCCC2)CC1. The molecule has 2 rings (SSSR count). The van der Waals surface area contributed by atoms with Gasteiger partial charge >= 0.3 is 0 Å². The molecule has 0 unspecified atom stereocenters. The minimum Gasteiger partial charge on any atom is -0.356 e. The van der Waals surface area contributed by atoms with E-state index in [9.17, 15) is 13.2 Å². The van der Waals surface area contributed by atoms with Gasteiger partial charge in [0.15, 0.2) is 0 Å². The third-order valence-electron chi connectivity index (χ3n) is 4.61. The molecule has 2 fully saturated rings. The smallest absolute Gasteiger partial charge is 0.223 e. The van der Waals surface area contributed by atoms with Crippen LogP contribution in [0, 0.1) is 5.92 Å². The van der Waals surface area contributed by atoms with Crippen molar-refractivity contribution in [1.29, 1.82) is 0 Å². The Morgan fingerprint density at radius 3 is 2.43 bits per heavy atom. The lowest BCUT2D eigenvalue weighted by molar-refractivity contribution is -0.887. The zero-order valence-electron chi connectivity index (χ0n) is 12.9. The van der Waals surface area contributed by atoms with Crippen LogP contribution < -0.4 is 10.2 Å². The number of sulfonamides is 1. The van der Waals surface area contributed by atoms with E-state index in [0.717, 1.165) is 19.5 Å². The van der Waals surface area contributed by atoms with Crippen LogP contribution in [0.5, 0.6) is 0 Å². The maximum atomic E-state index is 12.1. The van der Waals surface area contributed by atoms with Crippen molar-refractivity contribution in [3.63, 3.8) is 0 Å². The van der Waals surface area contributed by atoms with Crippen LogP contribution in [-0.4, -0.2) is 64.2 Å². The van der Waals surface area contributed by atoms with Gasteiger partial charge in [0.1, 0.15) is 0 Å². The van der Waals surface area contributed by atoms with Gasteiger partial charge in [-0.15, -0.1) is 0 Å². The third-order valence-corrected chi connectivity index (χ3v) is 5.91. The summed E-state index contributed by atoms with van der Waals surface area (Å²) in [6.45, 7) is 5.38. The first-order valence-electron chi connectivity index (χ1n) is 8.03. The maximum absolute atomic E-state index is 12.1. The Morgan fingerprint density at radius 1 is 1.24 bits per heavy atom. The van der Waals surface area contributed by atoms with Crippen LogP contribution in [0.4, 0.5) is 0 Å². The Bertz CT molecular complexity index is 438. The first-order valence-corrected chi connectivity index (χ1v) is 9.88. The molecule has 1 amide bonds. The van der Waals surface area contributed by atoms with Crippen LogP contribution in [0.2, 0.25) is 0 Å². The Kier molecular flexibility index (Phi) is 6.01. The number of nitrogens with zero attached hydrogens (tertiary/aromatic N) is 1. The van der Waals surface area contributed by atoms with E-state index >= 15 is 0 Å². The largest absolute Gasteiger partial charge is 0.356 e. The third kappa shape index (κ3) is 5.23. The van der Waals surface area contributed by atoms with E-state index < -0.39 is 10.0 Å².